The van der Waals surface area contributed by atoms with Gasteiger partial charge < -0.3 is 5.32 Å². The Morgan fingerprint density at radius 1 is 1.12 bits per heavy atom. The fraction of sp³-hybridized carbons (Fsp3) is 0.211. The average Bonchev–Trinajstić information content (AvgIpc) is 3.16. The molecule has 1 heterocycles. The van der Waals surface area contributed by atoms with Crippen molar-refractivity contribution < 1.29 is 13.2 Å². The molecule has 0 spiro atoms. The van der Waals surface area contributed by atoms with Crippen molar-refractivity contribution in [3.63, 3.8) is 0 Å². The molecule has 0 radical (unpaired) electrons. The van der Waals surface area contributed by atoms with Gasteiger partial charge >= 0.3 is 0 Å². The van der Waals surface area contributed by atoms with Gasteiger partial charge in [0, 0.05) is 11.9 Å². The van der Waals surface area contributed by atoms with E-state index >= 15 is 0 Å². The van der Waals surface area contributed by atoms with Gasteiger partial charge in [-0.05, 0) is 41.3 Å². The maximum Gasteiger partial charge on any atom is 0.243 e. The number of sulfonamides is 1. The predicted octanol–water partition coefficient (Wildman–Crippen LogP) is 3.40. The van der Waals surface area contributed by atoms with Gasteiger partial charge in [0.15, 0.2) is 0 Å². The molecule has 3 rings (SSSR count). The summed E-state index contributed by atoms with van der Waals surface area (Å²) in [7, 11) is -2.32. The number of hydrogen-bond acceptors (Lipinski definition) is 4. The quantitative estimate of drug-likeness (QED) is 0.704. The van der Waals surface area contributed by atoms with Gasteiger partial charge in [-0.15, -0.1) is 11.3 Å². The lowest BCUT2D eigenvalue weighted by Crippen LogP contribution is -2.39. The van der Waals surface area contributed by atoms with Gasteiger partial charge in [-0.3, -0.25) is 4.79 Å². The minimum absolute atomic E-state index is 0.153. The van der Waals surface area contributed by atoms with E-state index in [1.54, 1.807) is 29.5 Å². The summed E-state index contributed by atoms with van der Waals surface area (Å²) < 4.78 is 26.6. The van der Waals surface area contributed by atoms with E-state index in [-0.39, 0.29) is 23.4 Å². The van der Waals surface area contributed by atoms with Crippen molar-refractivity contribution in [1.82, 2.24) is 9.62 Å². The van der Waals surface area contributed by atoms with Gasteiger partial charge in [0.05, 0.1) is 17.5 Å². The number of hydrogen-bond donors (Lipinski definition) is 1. The van der Waals surface area contributed by atoms with Crippen LogP contribution in [0.5, 0.6) is 0 Å². The van der Waals surface area contributed by atoms with Crippen molar-refractivity contribution >= 4 is 38.0 Å². The smallest absolute Gasteiger partial charge is 0.243 e. The fourth-order valence-electron chi connectivity index (χ4n) is 2.69. The normalized spacial score (nSPS) is 13.0. The summed E-state index contributed by atoms with van der Waals surface area (Å²) in [6.07, 6.45) is 0. The van der Waals surface area contributed by atoms with Crippen molar-refractivity contribution in [2.24, 2.45) is 0 Å². The Hall–Kier alpha value is -2.22. The first-order valence-corrected chi connectivity index (χ1v) is 10.5. The molecule has 2 aromatic carbocycles. The van der Waals surface area contributed by atoms with E-state index in [0.717, 1.165) is 20.0 Å². The molecule has 1 N–H and O–H groups in total. The third-order valence-corrected chi connectivity index (χ3v) is 7.00. The maximum atomic E-state index is 12.8. The average molecular weight is 389 g/mol. The van der Waals surface area contributed by atoms with E-state index < -0.39 is 10.0 Å². The van der Waals surface area contributed by atoms with Crippen LogP contribution in [0.25, 0.3) is 10.8 Å². The zero-order valence-electron chi connectivity index (χ0n) is 14.5. The van der Waals surface area contributed by atoms with Crippen LogP contribution in [0.1, 0.15) is 17.8 Å². The Bertz CT molecular complexity index is 1010. The number of carbonyl (C=O) groups excluding carboxylic acids is 1. The second-order valence-corrected chi connectivity index (χ2v) is 9.10. The van der Waals surface area contributed by atoms with Crippen LogP contribution in [-0.4, -0.2) is 32.2 Å². The van der Waals surface area contributed by atoms with Crippen molar-refractivity contribution in [1.29, 1.82) is 0 Å². The largest absolute Gasteiger partial charge is 0.348 e. The lowest BCUT2D eigenvalue weighted by molar-refractivity contribution is -0.121. The van der Waals surface area contributed by atoms with Crippen LogP contribution in [0.3, 0.4) is 0 Å². The van der Waals surface area contributed by atoms with Crippen LogP contribution in [0.15, 0.2) is 64.9 Å². The van der Waals surface area contributed by atoms with Crippen LogP contribution in [-0.2, 0) is 14.8 Å². The van der Waals surface area contributed by atoms with Crippen LogP contribution in [0.4, 0.5) is 0 Å². The van der Waals surface area contributed by atoms with E-state index in [9.17, 15) is 13.2 Å². The summed E-state index contributed by atoms with van der Waals surface area (Å²) in [5.74, 6) is -0.335. The highest BCUT2D eigenvalue weighted by Gasteiger charge is 2.24. The number of nitrogens with zero attached hydrogens (tertiary/aromatic N) is 1. The summed E-state index contributed by atoms with van der Waals surface area (Å²) in [5.41, 5.74) is 0. The minimum atomic E-state index is -3.74. The topological polar surface area (TPSA) is 66.5 Å². The van der Waals surface area contributed by atoms with Crippen LogP contribution >= 0.6 is 11.3 Å². The number of benzene rings is 2. The summed E-state index contributed by atoms with van der Waals surface area (Å²) in [6, 6.07) is 16.2. The second kappa shape index (κ2) is 7.57. The van der Waals surface area contributed by atoms with Crippen molar-refractivity contribution in [2.75, 3.05) is 13.6 Å². The summed E-state index contributed by atoms with van der Waals surface area (Å²) >= 11 is 1.55. The molecular weight excluding hydrogens is 368 g/mol. The van der Waals surface area contributed by atoms with E-state index in [1.165, 1.54) is 7.05 Å². The molecule has 1 aromatic heterocycles. The number of nitrogens with one attached hydrogen (secondary N) is 1. The molecule has 26 heavy (non-hydrogen) atoms. The minimum Gasteiger partial charge on any atom is -0.348 e. The van der Waals surface area contributed by atoms with E-state index in [1.807, 2.05) is 48.7 Å². The Morgan fingerprint density at radius 2 is 1.85 bits per heavy atom. The Labute approximate surface area is 157 Å². The number of thiophene rings is 1. The monoisotopic (exact) mass is 388 g/mol. The first-order chi connectivity index (χ1) is 12.4. The zero-order valence-corrected chi connectivity index (χ0v) is 16.2. The second-order valence-electron chi connectivity index (χ2n) is 6.07. The maximum absolute atomic E-state index is 12.8. The lowest BCUT2D eigenvalue weighted by atomic mass is 10.1. The number of rotatable bonds is 6. The molecule has 5 nitrogen and oxygen atoms in total. The molecule has 1 amide bonds. The first kappa shape index (κ1) is 18.6. The molecule has 0 fully saturated rings. The molecule has 0 bridgehead atoms. The highest BCUT2D eigenvalue weighted by atomic mass is 32.2. The summed E-state index contributed by atoms with van der Waals surface area (Å²) in [4.78, 5) is 13.4. The number of likely N-dealkylation sites (N-methyl/N-ethyl adjacent to an activating group) is 1. The van der Waals surface area contributed by atoms with Gasteiger partial charge in [0.1, 0.15) is 0 Å². The van der Waals surface area contributed by atoms with Crippen LogP contribution < -0.4 is 5.32 Å². The Balaban J connectivity index is 1.72. The molecule has 0 aliphatic heterocycles. The first-order valence-electron chi connectivity index (χ1n) is 8.16. The van der Waals surface area contributed by atoms with Gasteiger partial charge in [0.25, 0.3) is 0 Å². The summed E-state index contributed by atoms with van der Waals surface area (Å²) in [5, 5.41) is 6.58. The molecule has 0 aliphatic rings. The molecule has 1 atom stereocenters. The van der Waals surface area contributed by atoms with Crippen LogP contribution in [0.2, 0.25) is 0 Å². The van der Waals surface area contributed by atoms with Gasteiger partial charge in [-0.2, -0.15) is 4.31 Å². The van der Waals surface area contributed by atoms with Gasteiger partial charge in [-0.25, -0.2) is 8.42 Å². The third-order valence-electron chi connectivity index (χ3n) is 4.14. The Kier molecular flexibility index (Phi) is 5.41. The number of fused-ring (bicyclic) bond motifs is 1. The predicted molar refractivity (Wildman–Crippen MR) is 105 cm³/mol. The lowest BCUT2D eigenvalue weighted by Gasteiger charge is -2.19. The van der Waals surface area contributed by atoms with E-state index in [2.05, 4.69) is 5.32 Å². The standard InChI is InChI=1S/C19H20N2O3S2/c1-14(18-8-5-11-25-18)20-19(22)13-21(2)26(23,24)17-10-9-15-6-3-4-7-16(15)12-17/h3-12,14H,13H2,1-2H3,(H,20,22). The number of carbonyl (C=O) groups is 1. The molecule has 1 unspecified atom stereocenters. The molecule has 136 valence electrons. The van der Waals surface area contributed by atoms with E-state index in [4.69, 9.17) is 0 Å². The zero-order chi connectivity index (χ0) is 18.7. The van der Waals surface area contributed by atoms with Crippen molar-refractivity contribution in [3.05, 3.63) is 64.9 Å². The molecule has 7 heteroatoms. The molecule has 0 saturated heterocycles. The van der Waals surface area contributed by atoms with Crippen molar-refractivity contribution in [3.8, 4) is 0 Å². The summed E-state index contributed by atoms with van der Waals surface area (Å²) in [6.45, 7) is 1.65. The van der Waals surface area contributed by atoms with Gasteiger partial charge in [-0.1, -0.05) is 36.4 Å². The Morgan fingerprint density at radius 3 is 2.54 bits per heavy atom. The third kappa shape index (κ3) is 3.95. The van der Waals surface area contributed by atoms with Gasteiger partial charge in [0.2, 0.25) is 15.9 Å². The van der Waals surface area contributed by atoms with Crippen molar-refractivity contribution in [2.45, 2.75) is 17.9 Å². The molecule has 0 saturated carbocycles. The SMILES string of the molecule is CC(NC(=O)CN(C)S(=O)(=O)c1ccc2ccccc2c1)c1cccs1. The molecular formula is C19H20N2O3S2. The highest BCUT2D eigenvalue weighted by molar-refractivity contribution is 7.89. The number of amides is 1. The fourth-order valence-corrected chi connectivity index (χ4v) is 4.59. The molecule has 0 aliphatic carbocycles. The highest BCUT2D eigenvalue weighted by Crippen LogP contribution is 2.21. The van der Waals surface area contributed by atoms with Crippen LogP contribution in [0, 0.1) is 0 Å². The molecule has 3 aromatic rings. The van der Waals surface area contributed by atoms with E-state index in [0.29, 0.717) is 0 Å².